The standard InChI is InChI=1S/C14H25N3O3/c1-10(2)16-5-7-17(8-6-16)14(20)15-12(9-13(18)19)11-3-4-11/h10-12H,3-9H2,1-2H3,(H,15,20)(H,18,19). The second-order valence-electron chi connectivity index (χ2n) is 6.11. The molecule has 0 radical (unpaired) electrons. The molecule has 0 bridgehead atoms. The fraction of sp³-hybridized carbons (Fsp3) is 0.857. The van der Waals surface area contributed by atoms with E-state index in [1.807, 2.05) is 0 Å². The van der Waals surface area contributed by atoms with Crippen LogP contribution in [0.2, 0.25) is 0 Å². The minimum atomic E-state index is -0.841. The van der Waals surface area contributed by atoms with Crippen molar-refractivity contribution in [3.63, 3.8) is 0 Å². The first-order valence-corrected chi connectivity index (χ1v) is 7.48. The van der Waals surface area contributed by atoms with Gasteiger partial charge in [0.25, 0.3) is 0 Å². The van der Waals surface area contributed by atoms with E-state index in [9.17, 15) is 9.59 Å². The highest BCUT2D eigenvalue weighted by Gasteiger charge is 2.35. The second kappa shape index (κ2) is 6.43. The Balaban J connectivity index is 1.80. The SMILES string of the molecule is CC(C)N1CCN(C(=O)NC(CC(=O)O)C2CC2)CC1. The molecule has 1 aliphatic carbocycles. The number of urea groups is 1. The van der Waals surface area contributed by atoms with Gasteiger partial charge in [0.2, 0.25) is 0 Å². The van der Waals surface area contributed by atoms with Crippen molar-refractivity contribution in [2.45, 2.75) is 45.2 Å². The molecule has 6 nitrogen and oxygen atoms in total. The van der Waals surface area contributed by atoms with Crippen molar-refractivity contribution in [2.75, 3.05) is 26.2 Å². The van der Waals surface area contributed by atoms with Crippen LogP contribution in [0.4, 0.5) is 4.79 Å². The van der Waals surface area contributed by atoms with Crippen LogP contribution in [-0.2, 0) is 4.79 Å². The average Bonchev–Trinajstić information content (AvgIpc) is 3.21. The molecule has 1 saturated heterocycles. The molecule has 20 heavy (non-hydrogen) atoms. The summed E-state index contributed by atoms with van der Waals surface area (Å²) in [4.78, 5) is 27.2. The zero-order valence-corrected chi connectivity index (χ0v) is 12.3. The topological polar surface area (TPSA) is 72.9 Å². The molecule has 2 rings (SSSR count). The van der Waals surface area contributed by atoms with Crippen LogP contribution in [0.3, 0.4) is 0 Å². The van der Waals surface area contributed by atoms with E-state index in [-0.39, 0.29) is 18.5 Å². The number of hydrogen-bond donors (Lipinski definition) is 2. The van der Waals surface area contributed by atoms with Crippen LogP contribution >= 0.6 is 0 Å². The molecule has 0 aromatic heterocycles. The summed E-state index contributed by atoms with van der Waals surface area (Å²) < 4.78 is 0. The van der Waals surface area contributed by atoms with Crippen molar-refractivity contribution < 1.29 is 14.7 Å². The summed E-state index contributed by atoms with van der Waals surface area (Å²) in [6.45, 7) is 7.52. The number of aliphatic carboxylic acids is 1. The summed E-state index contributed by atoms with van der Waals surface area (Å²) in [6.07, 6.45) is 2.08. The van der Waals surface area contributed by atoms with Crippen LogP contribution in [0.25, 0.3) is 0 Å². The van der Waals surface area contributed by atoms with Gasteiger partial charge in [-0.2, -0.15) is 0 Å². The van der Waals surface area contributed by atoms with Crippen molar-refractivity contribution in [3.05, 3.63) is 0 Å². The van der Waals surface area contributed by atoms with E-state index in [0.717, 1.165) is 25.9 Å². The molecular formula is C14H25N3O3. The van der Waals surface area contributed by atoms with Crippen LogP contribution in [-0.4, -0.2) is 65.2 Å². The Bertz CT molecular complexity index is 361. The van der Waals surface area contributed by atoms with Gasteiger partial charge in [-0.05, 0) is 32.6 Å². The lowest BCUT2D eigenvalue weighted by Gasteiger charge is -2.37. The number of hydrogen-bond acceptors (Lipinski definition) is 3. The maximum atomic E-state index is 12.2. The summed E-state index contributed by atoms with van der Waals surface area (Å²) in [5.74, 6) is -0.487. The third-order valence-electron chi connectivity index (χ3n) is 4.23. The van der Waals surface area contributed by atoms with E-state index in [0.29, 0.717) is 25.0 Å². The van der Waals surface area contributed by atoms with Gasteiger partial charge < -0.3 is 15.3 Å². The Morgan fingerprint density at radius 3 is 2.25 bits per heavy atom. The predicted molar refractivity (Wildman–Crippen MR) is 75.6 cm³/mol. The Morgan fingerprint density at radius 1 is 1.20 bits per heavy atom. The smallest absolute Gasteiger partial charge is 0.317 e. The molecule has 2 aliphatic rings. The van der Waals surface area contributed by atoms with Gasteiger partial charge in [0, 0.05) is 38.3 Å². The first kappa shape index (κ1) is 15.1. The Labute approximate surface area is 120 Å². The lowest BCUT2D eigenvalue weighted by Crippen LogP contribution is -2.55. The van der Waals surface area contributed by atoms with Crippen LogP contribution in [0, 0.1) is 5.92 Å². The van der Waals surface area contributed by atoms with E-state index in [4.69, 9.17) is 5.11 Å². The number of rotatable bonds is 5. The number of carbonyl (C=O) groups excluding carboxylic acids is 1. The van der Waals surface area contributed by atoms with Crippen molar-refractivity contribution in [1.29, 1.82) is 0 Å². The molecule has 6 heteroatoms. The molecule has 2 N–H and O–H groups in total. The third-order valence-corrected chi connectivity index (χ3v) is 4.23. The number of piperazine rings is 1. The summed E-state index contributed by atoms with van der Waals surface area (Å²) in [7, 11) is 0. The maximum Gasteiger partial charge on any atom is 0.317 e. The van der Waals surface area contributed by atoms with E-state index >= 15 is 0 Å². The van der Waals surface area contributed by atoms with Crippen molar-refractivity contribution >= 4 is 12.0 Å². The number of carboxylic acid groups (broad SMARTS) is 1. The van der Waals surface area contributed by atoms with E-state index in [1.54, 1.807) is 4.90 Å². The van der Waals surface area contributed by atoms with E-state index in [1.165, 1.54) is 0 Å². The zero-order valence-electron chi connectivity index (χ0n) is 12.3. The van der Waals surface area contributed by atoms with Gasteiger partial charge in [-0.15, -0.1) is 0 Å². The first-order valence-electron chi connectivity index (χ1n) is 7.48. The van der Waals surface area contributed by atoms with Gasteiger partial charge in [0.1, 0.15) is 0 Å². The normalized spacial score (nSPS) is 21.9. The quantitative estimate of drug-likeness (QED) is 0.789. The van der Waals surface area contributed by atoms with E-state index in [2.05, 4.69) is 24.1 Å². The molecule has 1 unspecified atom stereocenters. The van der Waals surface area contributed by atoms with Gasteiger partial charge >= 0.3 is 12.0 Å². The predicted octanol–water partition coefficient (Wildman–Crippen LogP) is 0.975. The lowest BCUT2D eigenvalue weighted by molar-refractivity contribution is -0.137. The highest BCUT2D eigenvalue weighted by molar-refractivity contribution is 5.76. The lowest BCUT2D eigenvalue weighted by atomic mass is 10.1. The molecule has 1 saturated carbocycles. The third kappa shape index (κ3) is 4.10. The molecule has 114 valence electrons. The number of carboxylic acids is 1. The summed E-state index contributed by atoms with van der Waals surface area (Å²) in [5, 5.41) is 11.8. The Morgan fingerprint density at radius 2 is 1.80 bits per heavy atom. The van der Waals surface area contributed by atoms with Crippen LogP contribution in [0.1, 0.15) is 33.1 Å². The largest absolute Gasteiger partial charge is 0.481 e. The number of amides is 2. The van der Waals surface area contributed by atoms with Crippen LogP contribution < -0.4 is 5.32 Å². The minimum Gasteiger partial charge on any atom is -0.481 e. The van der Waals surface area contributed by atoms with Crippen molar-refractivity contribution in [1.82, 2.24) is 15.1 Å². The van der Waals surface area contributed by atoms with Crippen LogP contribution in [0.5, 0.6) is 0 Å². The number of nitrogens with one attached hydrogen (secondary N) is 1. The number of carbonyl (C=O) groups is 2. The Hall–Kier alpha value is -1.30. The molecule has 2 fully saturated rings. The second-order valence-corrected chi connectivity index (χ2v) is 6.11. The molecule has 1 heterocycles. The molecule has 1 atom stereocenters. The molecule has 2 amide bonds. The Kier molecular flexibility index (Phi) is 4.86. The molecular weight excluding hydrogens is 258 g/mol. The van der Waals surface area contributed by atoms with E-state index < -0.39 is 5.97 Å². The van der Waals surface area contributed by atoms with Crippen molar-refractivity contribution in [3.8, 4) is 0 Å². The van der Waals surface area contributed by atoms with Gasteiger partial charge in [0.15, 0.2) is 0 Å². The molecule has 0 spiro atoms. The van der Waals surface area contributed by atoms with Crippen LogP contribution in [0.15, 0.2) is 0 Å². The fourth-order valence-electron chi connectivity index (χ4n) is 2.71. The molecule has 1 aliphatic heterocycles. The fourth-order valence-corrected chi connectivity index (χ4v) is 2.71. The van der Waals surface area contributed by atoms with Crippen molar-refractivity contribution in [2.24, 2.45) is 5.92 Å². The average molecular weight is 283 g/mol. The highest BCUT2D eigenvalue weighted by atomic mass is 16.4. The first-order chi connectivity index (χ1) is 9.47. The van der Waals surface area contributed by atoms with Gasteiger partial charge in [-0.25, -0.2) is 4.79 Å². The minimum absolute atomic E-state index is 0.0301. The number of nitrogens with zero attached hydrogens (tertiary/aromatic N) is 2. The summed E-state index contributed by atoms with van der Waals surface area (Å²) in [5.41, 5.74) is 0. The van der Waals surface area contributed by atoms with Gasteiger partial charge in [0.05, 0.1) is 6.42 Å². The maximum absolute atomic E-state index is 12.2. The van der Waals surface area contributed by atoms with Gasteiger partial charge in [-0.1, -0.05) is 0 Å². The monoisotopic (exact) mass is 283 g/mol. The summed E-state index contributed by atoms with van der Waals surface area (Å²) in [6, 6.07) is 0.195. The molecule has 0 aromatic carbocycles. The zero-order chi connectivity index (χ0) is 14.7. The molecule has 0 aromatic rings. The summed E-state index contributed by atoms with van der Waals surface area (Å²) >= 11 is 0. The highest BCUT2D eigenvalue weighted by Crippen LogP contribution is 2.34. The van der Waals surface area contributed by atoms with Gasteiger partial charge in [-0.3, -0.25) is 9.69 Å².